The Kier molecular flexibility index (Phi) is 3.90. The topological polar surface area (TPSA) is 26.3 Å². The zero-order valence-electron chi connectivity index (χ0n) is 6.71. The van der Waals surface area contributed by atoms with Gasteiger partial charge in [0.25, 0.3) is 0 Å². The van der Waals surface area contributed by atoms with E-state index in [4.69, 9.17) is 22.3 Å². The molecule has 1 rings (SSSR count). The first-order valence-electron chi connectivity index (χ1n) is 3.35. The highest BCUT2D eigenvalue weighted by molar-refractivity contribution is 8.21. The molecule has 0 saturated heterocycles. The van der Waals surface area contributed by atoms with Gasteiger partial charge in [-0.05, 0) is 39.9 Å². The second-order valence-corrected chi connectivity index (χ2v) is 3.70. The zero-order valence-corrected chi connectivity index (χ0v) is 9.04. The normalized spacial score (nSPS) is 9.77. The number of carbonyl (C=O) groups excluding carboxylic acids is 1. The summed E-state index contributed by atoms with van der Waals surface area (Å²) >= 11 is 5.72. The number of hydrogen-bond donors (Lipinski definition) is 0. The van der Waals surface area contributed by atoms with E-state index in [0.717, 1.165) is 11.0 Å². The van der Waals surface area contributed by atoms with Gasteiger partial charge in [0.2, 0.25) is 0 Å². The number of hydrogen-bond acceptors (Lipinski definition) is 3. The number of methoxy groups -OCH3 is 1. The molecule has 0 atom stereocenters. The Bertz CT molecular complexity index is 328. The van der Waals surface area contributed by atoms with Crippen LogP contribution >= 0.6 is 33.3 Å². The number of carbonyl (C=O) groups is 1. The summed E-state index contributed by atoms with van der Waals surface area (Å²) in [7, 11) is 7.81. The van der Waals surface area contributed by atoms with Crippen molar-refractivity contribution in [2.24, 2.45) is 0 Å². The summed E-state index contributed by atoms with van der Waals surface area (Å²) in [4.78, 5) is 11.8. The van der Waals surface area contributed by atoms with Crippen LogP contribution in [0, 0.1) is 0 Å². The van der Waals surface area contributed by atoms with Gasteiger partial charge >= 0.3 is 5.97 Å². The van der Waals surface area contributed by atoms with Gasteiger partial charge in [-0.15, -0.1) is 0 Å². The van der Waals surface area contributed by atoms with Gasteiger partial charge in [0.15, 0.2) is 0 Å². The Morgan fingerprint density at radius 2 is 2.23 bits per heavy atom. The lowest BCUT2D eigenvalue weighted by atomic mass is 10.2. The van der Waals surface area contributed by atoms with E-state index in [-0.39, 0.29) is 0 Å². The Morgan fingerprint density at radius 3 is 2.77 bits per heavy atom. The molecule has 0 aromatic heterocycles. The number of rotatable bonds is 2. The third-order valence-corrected chi connectivity index (χ3v) is 2.67. The van der Waals surface area contributed by atoms with Crippen LogP contribution in [0.2, 0.25) is 5.02 Å². The summed E-state index contributed by atoms with van der Waals surface area (Å²) in [5.74, 6) is -0.417. The van der Waals surface area contributed by atoms with E-state index in [1.807, 2.05) is 0 Å². The summed E-state index contributed by atoms with van der Waals surface area (Å²) in [6, 6.07) is 4.81. The van der Waals surface area contributed by atoms with E-state index in [0.29, 0.717) is 15.5 Å². The molecule has 1 aromatic carbocycles. The van der Waals surface area contributed by atoms with E-state index in [9.17, 15) is 4.79 Å². The fraction of sp³-hybridized carbons (Fsp3) is 0.125. The predicted octanol–water partition coefficient (Wildman–Crippen LogP) is 3.37. The van der Waals surface area contributed by atoms with Crippen molar-refractivity contribution in [3.05, 3.63) is 28.8 Å². The van der Waals surface area contributed by atoms with Crippen LogP contribution in [-0.2, 0) is 4.74 Å². The van der Waals surface area contributed by atoms with Gasteiger partial charge in [0.1, 0.15) is 0 Å². The van der Waals surface area contributed by atoms with Crippen molar-refractivity contribution in [1.82, 2.24) is 0 Å². The highest BCUT2D eigenvalue weighted by Gasteiger charge is 2.11. The molecule has 0 saturated carbocycles. The summed E-state index contributed by atoms with van der Waals surface area (Å²) in [6.07, 6.45) is 0. The monoisotopic (exact) mass is 236 g/mol. The van der Waals surface area contributed by atoms with Gasteiger partial charge in [0.05, 0.1) is 12.7 Å². The van der Waals surface area contributed by atoms with Gasteiger partial charge in [0, 0.05) is 9.92 Å². The molecule has 0 aliphatic heterocycles. The van der Waals surface area contributed by atoms with E-state index in [2.05, 4.69) is 4.74 Å². The molecule has 0 radical (unpaired) electrons. The average Bonchev–Trinajstić information content (AvgIpc) is 2.16. The number of benzene rings is 1. The molecule has 2 nitrogen and oxygen atoms in total. The lowest BCUT2D eigenvalue weighted by molar-refractivity contribution is 0.0597. The van der Waals surface area contributed by atoms with Gasteiger partial charge in [-0.3, -0.25) is 0 Å². The smallest absolute Gasteiger partial charge is 0.339 e. The maximum Gasteiger partial charge on any atom is 0.339 e. The van der Waals surface area contributed by atoms with Crippen LogP contribution in [0.25, 0.3) is 0 Å². The highest BCUT2D eigenvalue weighted by atomic mass is 35.7. The third kappa shape index (κ3) is 2.53. The maximum absolute atomic E-state index is 11.2. The van der Waals surface area contributed by atoms with E-state index in [1.54, 1.807) is 18.2 Å². The molecule has 1 aromatic rings. The van der Waals surface area contributed by atoms with Crippen molar-refractivity contribution in [2.45, 2.75) is 4.90 Å². The minimum atomic E-state index is -0.417. The number of halogens is 2. The lowest BCUT2D eigenvalue weighted by Crippen LogP contribution is -2.02. The molecule has 0 aliphatic rings. The van der Waals surface area contributed by atoms with Gasteiger partial charge < -0.3 is 4.74 Å². The standard InChI is InChI=1S/C8H6Cl2O2S/c1-12-8(11)6-3-2-5(9)4-7(6)13-10/h2-4H,1H3. The minimum absolute atomic E-state index is 0.417. The van der Waals surface area contributed by atoms with Crippen LogP contribution in [0.1, 0.15) is 10.4 Å². The van der Waals surface area contributed by atoms with Crippen molar-refractivity contribution in [1.29, 1.82) is 0 Å². The van der Waals surface area contributed by atoms with Crippen LogP contribution in [0.5, 0.6) is 0 Å². The molecular formula is C8H6Cl2O2S. The molecule has 0 N–H and O–H groups in total. The Morgan fingerprint density at radius 1 is 1.54 bits per heavy atom. The van der Waals surface area contributed by atoms with Crippen LogP contribution in [0.15, 0.2) is 23.1 Å². The van der Waals surface area contributed by atoms with E-state index in [1.165, 1.54) is 7.11 Å². The molecule has 0 spiro atoms. The Balaban J connectivity index is 3.13. The molecule has 0 heterocycles. The molecule has 0 unspecified atom stereocenters. The van der Waals surface area contributed by atoms with E-state index < -0.39 is 5.97 Å². The average molecular weight is 237 g/mol. The third-order valence-electron chi connectivity index (χ3n) is 1.43. The predicted molar refractivity (Wildman–Crippen MR) is 54.5 cm³/mol. The Hall–Kier alpha value is -0.380. The van der Waals surface area contributed by atoms with E-state index >= 15 is 0 Å². The first-order chi connectivity index (χ1) is 6.19. The van der Waals surface area contributed by atoms with Crippen molar-refractivity contribution < 1.29 is 9.53 Å². The second kappa shape index (κ2) is 4.74. The lowest BCUT2D eigenvalue weighted by Gasteiger charge is -2.03. The summed E-state index contributed by atoms with van der Waals surface area (Å²) < 4.78 is 4.56. The van der Waals surface area contributed by atoms with Crippen LogP contribution in [-0.4, -0.2) is 13.1 Å². The molecule has 0 amide bonds. The van der Waals surface area contributed by atoms with Crippen molar-refractivity contribution in [3.63, 3.8) is 0 Å². The molecule has 5 heteroatoms. The first-order valence-corrected chi connectivity index (χ1v) is 5.37. The Labute approximate surface area is 89.7 Å². The van der Waals surface area contributed by atoms with Crippen molar-refractivity contribution in [3.8, 4) is 0 Å². The minimum Gasteiger partial charge on any atom is -0.465 e. The SMILES string of the molecule is COC(=O)c1ccc(Cl)cc1SCl. The number of esters is 1. The first kappa shape index (κ1) is 10.7. The fourth-order valence-electron chi connectivity index (χ4n) is 0.839. The summed E-state index contributed by atoms with van der Waals surface area (Å²) in [6.45, 7) is 0. The van der Waals surface area contributed by atoms with Crippen LogP contribution < -0.4 is 0 Å². The van der Waals surface area contributed by atoms with Gasteiger partial charge in [-0.25, -0.2) is 4.79 Å². The van der Waals surface area contributed by atoms with Crippen molar-refractivity contribution >= 4 is 39.2 Å². The maximum atomic E-state index is 11.2. The molecule has 0 bridgehead atoms. The molecule has 70 valence electrons. The summed E-state index contributed by atoms with van der Waals surface area (Å²) in [5, 5.41) is 0.538. The largest absolute Gasteiger partial charge is 0.465 e. The zero-order chi connectivity index (χ0) is 9.84. The summed E-state index contributed by atoms with van der Waals surface area (Å²) in [5.41, 5.74) is 0.423. The molecule has 13 heavy (non-hydrogen) atoms. The fourth-order valence-corrected chi connectivity index (χ4v) is 1.86. The highest BCUT2D eigenvalue weighted by Crippen LogP contribution is 2.29. The number of ether oxygens (including phenoxy) is 1. The van der Waals surface area contributed by atoms with Crippen LogP contribution in [0.3, 0.4) is 0 Å². The second-order valence-electron chi connectivity index (χ2n) is 2.21. The quantitative estimate of drug-likeness (QED) is 0.737. The van der Waals surface area contributed by atoms with Crippen molar-refractivity contribution in [2.75, 3.05) is 7.11 Å². The molecular weight excluding hydrogens is 231 g/mol. The van der Waals surface area contributed by atoms with Gasteiger partial charge in [-0.1, -0.05) is 11.6 Å². The molecule has 0 fully saturated rings. The van der Waals surface area contributed by atoms with Gasteiger partial charge in [-0.2, -0.15) is 0 Å². The molecule has 0 aliphatic carbocycles. The van der Waals surface area contributed by atoms with Crippen LogP contribution in [0.4, 0.5) is 0 Å².